The number of oxazole rings is 1. The molecule has 17 heavy (non-hydrogen) atoms. The number of rotatable bonds is 3. The highest BCUT2D eigenvalue weighted by molar-refractivity contribution is 5.73. The van der Waals surface area contributed by atoms with Crippen LogP contribution in [0.15, 0.2) is 22.6 Å². The molecule has 0 saturated carbocycles. The Morgan fingerprint density at radius 2 is 2.18 bits per heavy atom. The minimum absolute atomic E-state index is 0.355. The molecule has 4 nitrogen and oxygen atoms in total. The molecule has 0 aliphatic carbocycles. The molecule has 4 heteroatoms. The van der Waals surface area contributed by atoms with Crippen LogP contribution in [0.5, 0.6) is 0 Å². The van der Waals surface area contributed by atoms with E-state index in [0.717, 1.165) is 16.7 Å². The fourth-order valence-electron chi connectivity index (χ4n) is 1.79. The van der Waals surface area contributed by atoms with Gasteiger partial charge in [-0.05, 0) is 17.7 Å². The lowest BCUT2D eigenvalue weighted by Gasteiger charge is -2.29. The molecule has 0 bridgehead atoms. The van der Waals surface area contributed by atoms with Gasteiger partial charge in [0.1, 0.15) is 5.52 Å². The molecule has 0 fully saturated rings. The van der Waals surface area contributed by atoms with Crippen LogP contribution in [0.2, 0.25) is 0 Å². The van der Waals surface area contributed by atoms with E-state index in [-0.39, 0.29) is 5.41 Å². The van der Waals surface area contributed by atoms with Gasteiger partial charge in [-0.3, -0.25) is 0 Å². The quantitative estimate of drug-likeness (QED) is 0.853. The number of aliphatic hydroxyl groups is 1. The van der Waals surface area contributed by atoms with Crippen molar-refractivity contribution in [3.63, 3.8) is 0 Å². The van der Waals surface area contributed by atoms with E-state index in [1.54, 1.807) is 6.92 Å². The normalized spacial score (nSPS) is 14.2. The maximum absolute atomic E-state index is 10.3. The second-order valence-electron chi connectivity index (χ2n) is 5.06. The maximum atomic E-state index is 10.3. The number of aromatic nitrogens is 1. The van der Waals surface area contributed by atoms with Crippen LogP contribution in [0.1, 0.15) is 31.4 Å². The number of hydrogen-bond donors (Lipinski definition) is 2. The molecule has 1 unspecified atom stereocenters. The number of benzene rings is 1. The first kappa shape index (κ1) is 12.1. The van der Waals surface area contributed by atoms with E-state index in [0.29, 0.717) is 12.4 Å². The number of nitrogens with zero attached hydrogens (tertiary/aromatic N) is 1. The summed E-state index contributed by atoms with van der Waals surface area (Å²) in [6, 6.07) is 5.55. The predicted octanol–water partition coefficient (Wildman–Crippen LogP) is 2.15. The van der Waals surface area contributed by atoms with Crippen molar-refractivity contribution in [2.45, 2.75) is 26.9 Å². The average Bonchev–Trinajstić information content (AvgIpc) is 2.66. The van der Waals surface area contributed by atoms with Crippen molar-refractivity contribution in [2.24, 2.45) is 11.1 Å². The molecule has 92 valence electrons. The summed E-state index contributed by atoms with van der Waals surface area (Å²) in [5.41, 5.74) is 7.64. The van der Waals surface area contributed by atoms with Crippen LogP contribution in [0.25, 0.3) is 11.1 Å². The van der Waals surface area contributed by atoms with Gasteiger partial charge >= 0.3 is 0 Å². The number of aryl methyl sites for hydroxylation is 1. The van der Waals surface area contributed by atoms with E-state index in [1.807, 2.05) is 32.0 Å². The highest BCUT2D eigenvalue weighted by Gasteiger charge is 2.27. The molecule has 1 aromatic heterocycles. The van der Waals surface area contributed by atoms with Crippen molar-refractivity contribution >= 4 is 11.1 Å². The summed E-state index contributed by atoms with van der Waals surface area (Å²) < 4.78 is 5.40. The molecule has 3 N–H and O–H groups in total. The number of aliphatic hydroxyl groups excluding tert-OH is 1. The number of fused-ring (bicyclic) bond motifs is 1. The third-order valence-corrected chi connectivity index (χ3v) is 3.10. The summed E-state index contributed by atoms with van der Waals surface area (Å²) in [7, 11) is 0. The molecule has 0 aliphatic rings. The van der Waals surface area contributed by atoms with E-state index < -0.39 is 6.10 Å². The van der Waals surface area contributed by atoms with Gasteiger partial charge in [-0.25, -0.2) is 4.98 Å². The summed E-state index contributed by atoms with van der Waals surface area (Å²) in [6.45, 7) is 6.11. The number of nitrogens with two attached hydrogens (primary N) is 1. The average molecular weight is 234 g/mol. The van der Waals surface area contributed by atoms with Crippen LogP contribution in [0.3, 0.4) is 0 Å². The van der Waals surface area contributed by atoms with E-state index in [1.165, 1.54) is 0 Å². The second kappa shape index (κ2) is 4.13. The molecule has 2 aromatic rings. The molecule has 1 heterocycles. The zero-order valence-electron chi connectivity index (χ0n) is 10.4. The summed E-state index contributed by atoms with van der Waals surface area (Å²) in [5, 5.41) is 10.3. The van der Waals surface area contributed by atoms with Crippen LogP contribution in [-0.4, -0.2) is 16.6 Å². The fourth-order valence-corrected chi connectivity index (χ4v) is 1.79. The van der Waals surface area contributed by atoms with Gasteiger partial charge in [0.25, 0.3) is 0 Å². The Hall–Kier alpha value is -1.39. The fraction of sp³-hybridized carbons (Fsp3) is 0.462. The van der Waals surface area contributed by atoms with Crippen molar-refractivity contribution in [3.05, 3.63) is 29.7 Å². The Bertz CT molecular complexity index is 531. The van der Waals surface area contributed by atoms with E-state index in [9.17, 15) is 5.11 Å². The Morgan fingerprint density at radius 3 is 2.82 bits per heavy atom. The summed E-state index contributed by atoms with van der Waals surface area (Å²) in [4.78, 5) is 4.26. The zero-order valence-corrected chi connectivity index (χ0v) is 10.4. The standard InChI is InChI=1S/C13H18N2O2/c1-8-15-10-6-9(4-5-11(10)17-8)12(16)13(2,3)7-14/h4-6,12,16H,7,14H2,1-3H3. The molecule has 1 atom stereocenters. The molecule has 0 aliphatic heterocycles. The molecule has 0 amide bonds. The van der Waals surface area contributed by atoms with Gasteiger partial charge in [0.15, 0.2) is 11.5 Å². The van der Waals surface area contributed by atoms with E-state index in [4.69, 9.17) is 10.2 Å². The molecule has 1 aromatic carbocycles. The van der Waals surface area contributed by atoms with Crippen LogP contribution in [0.4, 0.5) is 0 Å². The van der Waals surface area contributed by atoms with E-state index >= 15 is 0 Å². The Kier molecular flexibility index (Phi) is 2.93. The topological polar surface area (TPSA) is 72.3 Å². The predicted molar refractivity (Wildman–Crippen MR) is 66.5 cm³/mol. The molecule has 0 spiro atoms. The summed E-state index contributed by atoms with van der Waals surface area (Å²) >= 11 is 0. The summed E-state index contributed by atoms with van der Waals surface area (Å²) in [5.74, 6) is 0.629. The molecule has 2 rings (SSSR count). The largest absolute Gasteiger partial charge is 0.441 e. The third-order valence-electron chi connectivity index (χ3n) is 3.10. The Labute approximate surface area is 100 Å². The van der Waals surface area contributed by atoms with Gasteiger partial charge in [-0.2, -0.15) is 0 Å². The van der Waals surface area contributed by atoms with Crippen LogP contribution in [-0.2, 0) is 0 Å². The van der Waals surface area contributed by atoms with Gasteiger partial charge in [0.2, 0.25) is 0 Å². The minimum atomic E-state index is -0.603. The molecule has 0 saturated heterocycles. The first-order chi connectivity index (χ1) is 7.94. The van der Waals surface area contributed by atoms with Crippen molar-refractivity contribution in [1.82, 2.24) is 4.98 Å². The van der Waals surface area contributed by atoms with Crippen LogP contribution >= 0.6 is 0 Å². The zero-order chi connectivity index (χ0) is 12.6. The first-order valence-corrected chi connectivity index (χ1v) is 5.69. The van der Waals surface area contributed by atoms with Crippen LogP contribution < -0.4 is 5.73 Å². The lowest BCUT2D eigenvalue weighted by molar-refractivity contribution is 0.0556. The van der Waals surface area contributed by atoms with Crippen molar-refractivity contribution in [1.29, 1.82) is 0 Å². The maximum Gasteiger partial charge on any atom is 0.192 e. The summed E-state index contributed by atoms with van der Waals surface area (Å²) in [6.07, 6.45) is -0.603. The molecule has 0 radical (unpaired) electrons. The highest BCUT2D eigenvalue weighted by Crippen LogP contribution is 2.33. The highest BCUT2D eigenvalue weighted by atomic mass is 16.3. The lowest BCUT2D eigenvalue weighted by atomic mass is 9.83. The Morgan fingerprint density at radius 1 is 1.47 bits per heavy atom. The first-order valence-electron chi connectivity index (χ1n) is 5.69. The van der Waals surface area contributed by atoms with Gasteiger partial charge in [-0.1, -0.05) is 19.9 Å². The monoisotopic (exact) mass is 234 g/mol. The van der Waals surface area contributed by atoms with Crippen molar-refractivity contribution < 1.29 is 9.52 Å². The van der Waals surface area contributed by atoms with Gasteiger partial charge in [0.05, 0.1) is 6.10 Å². The molecular formula is C13H18N2O2. The minimum Gasteiger partial charge on any atom is -0.441 e. The van der Waals surface area contributed by atoms with Gasteiger partial charge in [0, 0.05) is 18.9 Å². The van der Waals surface area contributed by atoms with E-state index in [2.05, 4.69) is 4.98 Å². The number of hydrogen-bond acceptors (Lipinski definition) is 4. The van der Waals surface area contributed by atoms with Gasteiger partial charge < -0.3 is 15.3 Å². The smallest absolute Gasteiger partial charge is 0.192 e. The van der Waals surface area contributed by atoms with Gasteiger partial charge in [-0.15, -0.1) is 0 Å². The lowest BCUT2D eigenvalue weighted by Crippen LogP contribution is -2.30. The SMILES string of the molecule is Cc1nc2cc(C(O)C(C)(C)CN)ccc2o1. The van der Waals surface area contributed by atoms with Crippen LogP contribution in [0, 0.1) is 12.3 Å². The van der Waals surface area contributed by atoms with Crippen molar-refractivity contribution in [3.8, 4) is 0 Å². The molecular weight excluding hydrogens is 216 g/mol. The third kappa shape index (κ3) is 2.18. The van der Waals surface area contributed by atoms with Crippen molar-refractivity contribution in [2.75, 3.05) is 6.54 Å². The second-order valence-corrected chi connectivity index (χ2v) is 5.06. The Balaban J connectivity index is 2.42.